The first-order chi connectivity index (χ1) is 13.4. The molecular weight excluding hydrogens is 363 g/mol. The maximum atomic E-state index is 13.0. The monoisotopic (exact) mass is 382 g/mol. The van der Waals surface area contributed by atoms with Gasteiger partial charge in [-0.25, -0.2) is 9.82 Å². The van der Waals surface area contributed by atoms with Gasteiger partial charge in [0.05, 0.1) is 0 Å². The number of para-hydroxylation sites is 1. The van der Waals surface area contributed by atoms with E-state index in [1.165, 1.54) is 24.3 Å². The molecule has 2 aliphatic heterocycles. The lowest BCUT2D eigenvalue weighted by Gasteiger charge is -2.46. The number of carbonyl (C=O) groups is 2. The topological polar surface area (TPSA) is 106 Å². The molecule has 8 heteroatoms. The minimum atomic E-state index is -0.815. The lowest BCUT2D eigenvalue weighted by Crippen LogP contribution is -2.62. The van der Waals surface area contributed by atoms with E-state index in [-0.39, 0.29) is 23.2 Å². The summed E-state index contributed by atoms with van der Waals surface area (Å²) < 4.78 is 18.9. The van der Waals surface area contributed by atoms with E-state index in [0.29, 0.717) is 12.2 Å². The first kappa shape index (κ1) is 18.0. The summed E-state index contributed by atoms with van der Waals surface area (Å²) in [5.74, 6) is -1.59. The van der Waals surface area contributed by atoms with Crippen LogP contribution in [0.15, 0.2) is 53.6 Å². The average Bonchev–Trinajstić information content (AvgIpc) is 2.65. The number of hydrogen-bond donors (Lipinski definition) is 3. The van der Waals surface area contributed by atoms with E-state index in [0.717, 1.165) is 5.56 Å². The predicted molar refractivity (Wildman–Crippen MR) is 100.0 cm³/mol. The number of carbonyl (C=O) groups excluding carboxylic acids is 2. The molecule has 2 heterocycles. The van der Waals surface area contributed by atoms with E-state index in [1.807, 2.05) is 31.2 Å². The Hall–Kier alpha value is -3.42. The molecule has 0 radical (unpaired) electrons. The number of piperidine rings is 1. The molecule has 144 valence electrons. The maximum absolute atomic E-state index is 13.0. The summed E-state index contributed by atoms with van der Waals surface area (Å²) in [6.45, 7) is 1.81. The van der Waals surface area contributed by atoms with Crippen LogP contribution in [0.4, 0.5) is 4.39 Å². The normalized spacial score (nSPS) is 25.9. The number of nitrogens with one attached hydrogen (secondary N) is 2. The number of rotatable bonds is 3. The van der Waals surface area contributed by atoms with Gasteiger partial charge in [0.25, 0.3) is 5.91 Å². The van der Waals surface area contributed by atoms with E-state index in [1.54, 1.807) is 0 Å². The Morgan fingerprint density at radius 2 is 2.00 bits per heavy atom. The fourth-order valence-corrected chi connectivity index (χ4v) is 3.78. The third kappa shape index (κ3) is 3.17. The molecule has 28 heavy (non-hydrogen) atoms. The molecule has 0 unspecified atom stereocenters. The first-order valence-electron chi connectivity index (χ1n) is 8.85. The fourth-order valence-electron chi connectivity index (χ4n) is 3.78. The second kappa shape index (κ2) is 6.63. The van der Waals surface area contributed by atoms with E-state index < -0.39 is 23.4 Å². The molecule has 2 aromatic rings. The molecule has 0 spiro atoms. The molecule has 4 rings (SSSR count). The quantitative estimate of drug-likeness (QED) is 0.428. The summed E-state index contributed by atoms with van der Waals surface area (Å²) in [4.78, 5) is 24.9. The van der Waals surface area contributed by atoms with E-state index in [2.05, 4.69) is 15.8 Å². The first-order valence-corrected chi connectivity index (χ1v) is 8.85. The number of benzene rings is 2. The van der Waals surface area contributed by atoms with Gasteiger partial charge in [-0.2, -0.15) is 5.10 Å². The van der Waals surface area contributed by atoms with Gasteiger partial charge < -0.3 is 15.8 Å². The lowest BCUT2D eigenvalue weighted by molar-refractivity contribution is -0.136. The van der Waals surface area contributed by atoms with Gasteiger partial charge in [-0.1, -0.05) is 18.2 Å². The van der Waals surface area contributed by atoms with Crippen molar-refractivity contribution in [1.82, 2.24) is 10.7 Å². The van der Waals surface area contributed by atoms with Crippen molar-refractivity contribution in [2.45, 2.75) is 25.0 Å². The van der Waals surface area contributed by atoms with Crippen molar-refractivity contribution in [3.63, 3.8) is 0 Å². The largest absolute Gasteiger partial charge is 0.468 e. The number of nitrogens with two attached hydrogens (primary N) is 1. The second-order valence-electron chi connectivity index (χ2n) is 7.13. The zero-order valence-corrected chi connectivity index (χ0v) is 15.1. The lowest BCUT2D eigenvalue weighted by atomic mass is 9.74. The number of amides is 2. The van der Waals surface area contributed by atoms with Crippen molar-refractivity contribution >= 4 is 17.6 Å². The highest BCUT2D eigenvalue weighted by Gasteiger charge is 2.50. The molecule has 1 fully saturated rings. The Balaban J connectivity index is 1.59. The van der Waals surface area contributed by atoms with Crippen LogP contribution in [0.3, 0.4) is 0 Å². The highest BCUT2D eigenvalue weighted by molar-refractivity contribution is 6.05. The van der Waals surface area contributed by atoms with Crippen LogP contribution in [0.2, 0.25) is 0 Å². The molecular formula is C20H19FN4O3. The second-order valence-corrected chi connectivity index (χ2v) is 7.13. The number of amidine groups is 1. The summed E-state index contributed by atoms with van der Waals surface area (Å²) in [6, 6.07) is 12.5. The third-order valence-corrected chi connectivity index (χ3v) is 5.05. The van der Waals surface area contributed by atoms with Crippen LogP contribution in [-0.4, -0.2) is 23.4 Å². The minimum absolute atomic E-state index is 0.00304. The predicted octanol–water partition coefficient (Wildman–Crippen LogP) is 1.86. The SMILES string of the molecule is C[C@@]12C[C@@H](c3ccccc3O1)[C@@H](/C(N)=N\NC(=O)c1ccc(F)cc1)C(=O)N2. The summed E-state index contributed by atoms with van der Waals surface area (Å²) in [6.07, 6.45) is 0.530. The average molecular weight is 382 g/mol. The summed E-state index contributed by atoms with van der Waals surface area (Å²) >= 11 is 0. The molecule has 4 N–H and O–H groups in total. The van der Waals surface area contributed by atoms with Gasteiger partial charge in [-0.05, 0) is 42.8 Å². The summed E-state index contributed by atoms with van der Waals surface area (Å²) in [7, 11) is 0. The Labute approximate surface area is 160 Å². The van der Waals surface area contributed by atoms with Gasteiger partial charge in [-0.3, -0.25) is 9.59 Å². The van der Waals surface area contributed by atoms with Gasteiger partial charge >= 0.3 is 0 Å². The number of hydrogen-bond acceptors (Lipinski definition) is 4. The van der Waals surface area contributed by atoms with Crippen LogP contribution in [0.25, 0.3) is 0 Å². The Bertz CT molecular complexity index is 976. The smallest absolute Gasteiger partial charge is 0.271 e. The zero-order chi connectivity index (χ0) is 19.9. The van der Waals surface area contributed by atoms with E-state index in [9.17, 15) is 14.0 Å². The molecule has 2 amide bonds. The number of halogens is 1. The van der Waals surface area contributed by atoms with Gasteiger partial charge in [0.15, 0.2) is 5.72 Å². The van der Waals surface area contributed by atoms with E-state index in [4.69, 9.17) is 10.5 Å². The highest BCUT2D eigenvalue weighted by atomic mass is 19.1. The number of fused-ring (bicyclic) bond motifs is 4. The van der Waals surface area contributed by atoms with Crippen molar-refractivity contribution in [2.24, 2.45) is 16.8 Å². The third-order valence-electron chi connectivity index (χ3n) is 5.05. The van der Waals surface area contributed by atoms with Crippen LogP contribution in [0.5, 0.6) is 5.75 Å². The van der Waals surface area contributed by atoms with Crippen molar-refractivity contribution in [3.05, 3.63) is 65.5 Å². The molecule has 7 nitrogen and oxygen atoms in total. The van der Waals surface area contributed by atoms with Crippen LogP contribution in [0.1, 0.15) is 35.2 Å². The maximum Gasteiger partial charge on any atom is 0.271 e. The highest BCUT2D eigenvalue weighted by Crippen LogP contribution is 2.46. The molecule has 1 saturated heterocycles. The zero-order valence-electron chi connectivity index (χ0n) is 15.1. The molecule has 0 aromatic heterocycles. The molecule has 0 aliphatic carbocycles. The fraction of sp³-hybridized carbons (Fsp3) is 0.250. The summed E-state index contributed by atoms with van der Waals surface area (Å²) in [5.41, 5.74) is 8.73. The van der Waals surface area contributed by atoms with Crippen LogP contribution < -0.4 is 21.2 Å². The molecule has 2 bridgehead atoms. The van der Waals surface area contributed by atoms with Crippen molar-refractivity contribution in [2.75, 3.05) is 0 Å². The molecule has 3 atom stereocenters. The Morgan fingerprint density at radius 3 is 2.75 bits per heavy atom. The van der Waals surface area contributed by atoms with Crippen LogP contribution in [0, 0.1) is 11.7 Å². The van der Waals surface area contributed by atoms with Gasteiger partial charge in [0.2, 0.25) is 5.91 Å². The van der Waals surface area contributed by atoms with Gasteiger partial charge in [-0.15, -0.1) is 0 Å². The molecule has 0 saturated carbocycles. The van der Waals surface area contributed by atoms with E-state index >= 15 is 0 Å². The van der Waals surface area contributed by atoms with Crippen molar-refractivity contribution < 1.29 is 18.7 Å². The van der Waals surface area contributed by atoms with Crippen molar-refractivity contribution in [3.8, 4) is 5.75 Å². The van der Waals surface area contributed by atoms with Gasteiger partial charge in [0.1, 0.15) is 23.3 Å². The standard InChI is InChI=1S/C20H19FN4O3/c1-20-10-14(13-4-2-3-5-15(13)28-20)16(19(27)23-20)17(22)24-25-18(26)11-6-8-12(21)9-7-11/h2-9,14,16H,10H2,1H3,(H2,22,24)(H,23,27)(H,25,26)/t14-,16-,20-/m0/s1. The minimum Gasteiger partial charge on any atom is -0.468 e. The van der Waals surface area contributed by atoms with Crippen LogP contribution in [-0.2, 0) is 4.79 Å². The number of hydrazone groups is 1. The Kier molecular flexibility index (Phi) is 4.26. The number of nitrogens with zero attached hydrogens (tertiary/aromatic N) is 1. The summed E-state index contributed by atoms with van der Waals surface area (Å²) in [5, 5.41) is 6.78. The molecule has 2 aliphatic rings. The number of ether oxygens (including phenoxy) is 1. The van der Waals surface area contributed by atoms with Crippen molar-refractivity contribution in [1.29, 1.82) is 0 Å². The molecule has 2 aromatic carbocycles. The van der Waals surface area contributed by atoms with Gasteiger partial charge in [0, 0.05) is 17.9 Å². The Morgan fingerprint density at radius 1 is 1.29 bits per heavy atom. The van der Waals surface area contributed by atoms with Crippen LogP contribution >= 0.6 is 0 Å².